The molecule has 4 rings (SSSR count). The molecule has 4 N–H and O–H groups in total. The van der Waals surface area contributed by atoms with Gasteiger partial charge in [0.25, 0.3) is 12.9 Å². The van der Waals surface area contributed by atoms with E-state index in [9.17, 15) is 9.59 Å². The van der Waals surface area contributed by atoms with Crippen LogP contribution in [0.1, 0.15) is 0 Å². The van der Waals surface area contributed by atoms with Crippen molar-refractivity contribution in [3.05, 3.63) is 60.7 Å². The molecule has 0 radical (unpaired) electrons. The molecule has 4 aromatic rings. The second-order valence-corrected chi connectivity index (χ2v) is 4.87. The number of nitrogens with one attached hydrogen (secondary N) is 2. The van der Waals surface area contributed by atoms with E-state index >= 15 is 0 Å². The van der Waals surface area contributed by atoms with E-state index in [-0.39, 0.29) is 5.48 Å². The molecule has 0 aliphatic rings. The Morgan fingerprint density at radius 3 is 1.44 bits per heavy atom. The number of para-hydroxylation sites is 2. The number of carbonyl (C=O) groups excluding carboxylic acids is 2. The monoisotopic (exact) mass is 340 g/mol. The number of hydrogen-bond donors (Lipinski definition) is 2. The quantitative estimate of drug-likeness (QED) is 0.555. The summed E-state index contributed by atoms with van der Waals surface area (Å²) in [6, 6.07) is 19.0. The van der Waals surface area contributed by atoms with Crippen LogP contribution >= 0.6 is 0 Å². The van der Waals surface area contributed by atoms with Gasteiger partial charge in [-0.05, 0) is 12.1 Å². The van der Waals surface area contributed by atoms with E-state index in [2.05, 4.69) is 19.4 Å². The number of aromatic nitrogens is 2. The Morgan fingerprint density at radius 1 is 0.680 bits per heavy atom. The fourth-order valence-corrected chi connectivity index (χ4v) is 2.32. The van der Waals surface area contributed by atoms with Crippen molar-refractivity contribution in [2.45, 2.75) is 0 Å². The molecule has 0 saturated heterocycles. The van der Waals surface area contributed by atoms with Gasteiger partial charge in [-0.25, -0.2) is 0 Å². The van der Waals surface area contributed by atoms with Crippen LogP contribution in [-0.4, -0.2) is 28.4 Å². The average Bonchev–Trinajstić information content (AvgIpc) is 3.18. The van der Waals surface area contributed by atoms with Crippen molar-refractivity contribution in [3.63, 3.8) is 0 Å². The molecule has 0 aliphatic heterocycles. The van der Waals surface area contributed by atoms with Crippen LogP contribution in [0.4, 0.5) is 0 Å². The molecule has 0 amide bonds. The number of ether oxygens (including phenoxy) is 2. The number of H-pyrrole nitrogens is 2. The van der Waals surface area contributed by atoms with Gasteiger partial charge in [-0.15, -0.1) is 0 Å². The third kappa shape index (κ3) is 4.24. The lowest BCUT2D eigenvalue weighted by Crippen LogP contribution is -1.86. The fourth-order valence-electron chi connectivity index (χ4n) is 2.32. The van der Waals surface area contributed by atoms with E-state index in [4.69, 9.17) is 0 Å². The Balaban J connectivity index is 0.000000173. The zero-order valence-corrected chi connectivity index (χ0v) is 13.1. The zero-order valence-electron chi connectivity index (χ0n) is 13.1. The first-order valence-corrected chi connectivity index (χ1v) is 7.16. The number of carbonyl (C=O) groups is 2. The third-order valence-corrected chi connectivity index (χ3v) is 3.36. The maximum atomic E-state index is 10.0. The second-order valence-electron chi connectivity index (χ2n) is 4.87. The maximum Gasteiger partial charge on any atom is 0.299 e. The second kappa shape index (κ2) is 8.32. The lowest BCUT2D eigenvalue weighted by atomic mass is 10.3. The van der Waals surface area contributed by atoms with Gasteiger partial charge in [0.1, 0.15) is 0 Å². The van der Waals surface area contributed by atoms with Crippen molar-refractivity contribution in [2.75, 3.05) is 0 Å². The highest BCUT2D eigenvalue weighted by molar-refractivity contribution is 5.82. The molecule has 0 aliphatic carbocycles. The first kappa shape index (κ1) is 17.8. The van der Waals surface area contributed by atoms with Crippen molar-refractivity contribution in [2.24, 2.45) is 0 Å². The van der Waals surface area contributed by atoms with Crippen LogP contribution in [-0.2, 0) is 9.59 Å². The Labute approximate surface area is 142 Å². The van der Waals surface area contributed by atoms with E-state index in [1.165, 1.54) is 0 Å². The average molecular weight is 340 g/mol. The highest BCUT2D eigenvalue weighted by atomic mass is 16.5. The summed E-state index contributed by atoms with van der Waals surface area (Å²) in [5.74, 6) is 0.956. The standard InChI is InChI=1S/2C9H7NO2.H2O/c2*11-6-12-9-5-7-3-1-2-4-8(7)10-9;/h2*1-6,10H;1H2. The molecule has 25 heavy (non-hydrogen) atoms. The van der Waals surface area contributed by atoms with E-state index in [0.29, 0.717) is 24.7 Å². The highest BCUT2D eigenvalue weighted by Gasteiger charge is 1.99. The summed E-state index contributed by atoms with van der Waals surface area (Å²) < 4.78 is 9.31. The smallest absolute Gasteiger partial charge is 0.299 e. The van der Waals surface area contributed by atoms with Crippen LogP contribution in [0.3, 0.4) is 0 Å². The maximum absolute atomic E-state index is 10.0. The Hall–Kier alpha value is -3.58. The number of rotatable bonds is 4. The van der Waals surface area contributed by atoms with Gasteiger partial charge >= 0.3 is 0 Å². The first-order chi connectivity index (χ1) is 11.8. The summed E-state index contributed by atoms with van der Waals surface area (Å²) in [6.07, 6.45) is 0. The molecular weight excluding hydrogens is 324 g/mol. The van der Waals surface area contributed by atoms with Crippen LogP contribution in [0, 0.1) is 0 Å². The van der Waals surface area contributed by atoms with E-state index < -0.39 is 0 Å². The molecular formula is C18H16N2O5. The molecule has 0 atom stereocenters. The lowest BCUT2D eigenvalue weighted by Gasteiger charge is -1.87. The normalized spacial score (nSPS) is 9.60. The molecule has 7 nitrogen and oxygen atoms in total. The van der Waals surface area contributed by atoms with Gasteiger partial charge in [0.15, 0.2) is 0 Å². The van der Waals surface area contributed by atoms with Crippen LogP contribution in [0.25, 0.3) is 21.8 Å². The summed E-state index contributed by atoms with van der Waals surface area (Å²) in [6.45, 7) is 0.815. The summed E-state index contributed by atoms with van der Waals surface area (Å²) in [5.41, 5.74) is 1.93. The molecule has 0 saturated carbocycles. The summed E-state index contributed by atoms with van der Waals surface area (Å²) in [4.78, 5) is 25.9. The summed E-state index contributed by atoms with van der Waals surface area (Å²) in [5, 5.41) is 2.07. The molecule has 2 aromatic heterocycles. The minimum atomic E-state index is 0. The van der Waals surface area contributed by atoms with E-state index in [1.54, 1.807) is 12.1 Å². The molecule has 128 valence electrons. The summed E-state index contributed by atoms with van der Waals surface area (Å²) in [7, 11) is 0. The van der Waals surface area contributed by atoms with Crippen LogP contribution in [0.5, 0.6) is 11.8 Å². The van der Waals surface area contributed by atoms with E-state index in [0.717, 1.165) is 21.8 Å². The van der Waals surface area contributed by atoms with Crippen molar-refractivity contribution in [3.8, 4) is 11.8 Å². The first-order valence-electron chi connectivity index (χ1n) is 7.16. The topological polar surface area (TPSA) is 116 Å². The minimum Gasteiger partial charge on any atom is -0.412 e. The van der Waals surface area contributed by atoms with Crippen molar-refractivity contribution >= 4 is 34.8 Å². The van der Waals surface area contributed by atoms with Gasteiger partial charge in [0.05, 0.1) is 0 Å². The molecule has 0 bridgehead atoms. The number of hydrogen-bond acceptors (Lipinski definition) is 4. The van der Waals surface area contributed by atoms with Crippen molar-refractivity contribution in [1.29, 1.82) is 0 Å². The predicted octanol–water partition coefficient (Wildman–Crippen LogP) is 2.58. The molecule has 0 unspecified atom stereocenters. The van der Waals surface area contributed by atoms with Crippen molar-refractivity contribution < 1.29 is 24.5 Å². The SMILES string of the molecule is O.O=COc1cc2ccccc2[nH]1.O=COc1cc2ccccc2[nH]1. The third-order valence-electron chi connectivity index (χ3n) is 3.36. The van der Waals surface area contributed by atoms with Crippen LogP contribution in [0.2, 0.25) is 0 Å². The van der Waals surface area contributed by atoms with Crippen LogP contribution in [0.15, 0.2) is 60.7 Å². The number of aromatic amines is 2. The molecule has 0 fully saturated rings. The number of fused-ring (bicyclic) bond motifs is 2. The summed E-state index contributed by atoms with van der Waals surface area (Å²) >= 11 is 0. The van der Waals surface area contributed by atoms with Gasteiger partial charge in [0, 0.05) is 33.9 Å². The zero-order chi connectivity index (χ0) is 16.8. The Kier molecular flexibility index (Phi) is 5.92. The molecule has 7 heteroatoms. The molecule has 0 spiro atoms. The fraction of sp³-hybridized carbons (Fsp3) is 0. The van der Waals surface area contributed by atoms with Gasteiger partial charge in [0.2, 0.25) is 11.8 Å². The Morgan fingerprint density at radius 2 is 1.08 bits per heavy atom. The molecule has 2 aromatic carbocycles. The Bertz CT molecular complexity index is 828. The van der Waals surface area contributed by atoms with Gasteiger partial charge in [-0.2, -0.15) is 0 Å². The highest BCUT2D eigenvalue weighted by Crippen LogP contribution is 2.19. The van der Waals surface area contributed by atoms with Gasteiger partial charge in [-0.3, -0.25) is 9.59 Å². The van der Waals surface area contributed by atoms with Crippen molar-refractivity contribution in [1.82, 2.24) is 9.97 Å². The molecule has 2 heterocycles. The largest absolute Gasteiger partial charge is 0.412 e. The van der Waals surface area contributed by atoms with Gasteiger partial charge in [-0.1, -0.05) is 36.4 Å². The predicted molar refractivity (Wildman–Crippen MR) is 93.6 cm³/mol. The number of benzene rings is 2. The minimum absolute atomic E-state index is 0. The van der Waals surface area contributed by atoms with Crippen LogP contribution < -0.4 is 9.47 Å². The van der Waals surface area contributed by atoms with E-state index in [1.807, 2.05) is 48.5 Å². The lowest BCUT2D eigenvalue weighted by molar-refractivity contribution is -0.121. The van der Waals surface area contributed by atoms with Gasteiger partial charge < -0.3 is 24.9 Å².